The molecule has 0 aromatic heterocycles. The van der Waals surface area contributed by atoms with Crippen molar-refractivity contribution in [3.63, 3.8) is 0 Å². The van der Waals surface area contributed by atoms with Crippen LogP contribution in [0.15, 0.2) is 18.2 Å². The fraction of sp³-hybridized carbons (Fsp3) is 0.600. The summed E-state index contributed by atoms with van der Waals surface area (Å²) in [5, 5.41) is 10.4. The van der Waals surface area contributed by atoms with Crippen molar-refractivity contribution in [1.29, 1.82) is 0 Å². The molecule has 2 heterocycles. The number of hydrogen-bond donors (Lipinski definition) is 2. The minimum atomic E-state index is -0.675. The molecule has 1 unspecified atom stereocenters. The third kappa shape index (κ3) is 2.90. The number of ether oxygens (including phenoxy) is 2. The Bertz CT molecular complexity index is 460. The first kappa shape index (κ1) is 13.7. The number of rotatable bonds is 4. The van der Waals surface area contributed by atoms with Crippen molar-refractivity contribution in [2.24, 2.45) is 5.73 Å². The fourth-order valence-corrected chi connectivity index (χ4v) is 2.85. The first-order chi connectivity index (χ1) is 9.74. The zero-order valence-electron chi connectivity index (χ0n) is 11.6. The van der Waals surface area contributed by atoms with Crippen molar-refractivity contribution < 1.29 is 14.6 Å². The number of aliphatic hydroxyl groups excluding tert-OH is 1. The van der Waals surface area contributed by atoms with E-state index in [2.05, 4.69) is 4.90 Å². The Morgan fingerprint density at radius 2 is 1.85 bits per heavy atom. The monoisotopic (exact) mass is 278 g/mol. The molecule has 2 aliphatic rings. The molecule has 1 aromatic carbocycles. The number of nitrogens with two attached hydrogens (primary N) is 1. The molecule has 1 fully saturated rings. The van der Waals surface area contributed by atoms with Crippen LogP contribution in [0.4, 0.5) is 0 Å². The summed E-state index contributed by atoms with van der Waals surface area (Å²) in [6.07, 6.45) is 1.78. The summed E-state index contributed by atoms with van der Waals surface area (Å²) in [6, 6.07) is 5.26. The van der Waals surface area contributed by atoms with Gasteiger partial charge in [0, 0.05) is 12.6 Å². The van der Waals surface area contributed by atoms with Crippen LogP contribution in [-0.4, -0.2) is 48.9 Å². The molecule has 2 aliphatic heterocycles. The van der Waals surface area contributed by atoms with Crippen molar-refractivity contribution in [2.75, 3.05) is 32.8 Å². The van der Waals surface area contributed by atoms with E-state index in [4.69, 9.17) is 15.2 Å². The summed E-state index contributed by atoms with van der Waals surface area (Å²) in [4.78, 5) is 2.31. The van der Waals surface area contributed by atoms with E-state index in [1.54, 1.807) is 0 Å². The highest BCUT2D eigenvalue weighted by molar-refractivity contribution is 5.44. The summed E-state index contributed by atoms with van der Waals surface area (Å²) >= 11 is 0. The highest BCUT2D eigenvalue weighted by Gasteiger charge is 2.23. The molecule has 2 atom stereocenters. The smallest absolute Gasteiger partial charge is 0.161 e. The van der Waals surface area contributed by atoms with Crippen LogP contribution in [0.2, 0.25) is 0 Å². The molecule has 1 aromatic rings. The lowest BCUT2D eigenvalue weighted by molar-refractivity contribution is 0.124. The van der Waals surface area contributed by atoms with Gasteiger partial charge in [-0.25, -0.2) is 0 Å². The standard InChI is InChI=1S/C15H22N2O3/c16-12(10-17-5-1-2-6-17)15(18)11-3-4-13-14(9-11)20-8-7-19-13/h3-4,9,12,15,18H,1-2,5-8,10,16H2/t12-,15?/m0/s1. The highest BCUT2D eigenvalue weighted by atomic mass is 16.6. The Labute approximate surface area is 119 Å². The van der Waals surface area contributed by atoms with E-state index in [1.807, 2.05) is 18.2 Å². The zero-order chi connectivity index (χ0) is 13.9. The minimum absolute atomic E-state index is 0.282. The molecular weight excluding hydrogens is 256 g/mol. The van der Waals surface area contributed by atoms with Gasteiger partial charge in [-0.15, -0.1) is 0 Å². The van der Waals surface area contributed by atoms with Crippen LogP contribution in [0, 0.1) is 0 Å². The molecule has 5 heteroatoms. The molecule has 20 heavy (non-hydrogen) atoms. The third-order valence-corrected chi connectivity index (χ3v) is 3.98. The van der Waals surface area contributed by atoms with Gasteiger partial charge in [-0.2, -0.15) is 0 Å². The molecule has 0 saturated carbocycles. The number of likely N-dealkylation sites (tertiary alicyclic amines) is 1. The molecule has 1 saturated heterocycles. The SMILES string of the molecule is N[C@@H](CN1CCCC1)C(O)c1ccc2c(c1)OCCO2. The molecule has 0 aliphatic carbocycles. The van der Waals surface area contributed by atoms with Crippen molar-refractivity contribution in [1.82, 2.24) is 4.90 Å². The number of hydrogen-bond acceptors (Lipinski definition) is 5. The van der Waals surface area contributed by atoms with Crippen LogP contribution in [-0.2, 0) is 0 Å². The van der Waals surface area contributed by atoms with Crippen LogP contribution in [0.25, 0.3) is 0 Å². The van der Waals surface area contributed by atoms with Gasteiger partial charge < -0.3 is 25.2 Å². The molecule has 0 spiro atoms. The average molecular weight is 278 g/mol. The van der Waals surface area contributed by atoms with Crippen molar-refractivity contribution in [3.8, 4) is 11.5 Å². The van der Waals surface area contributed by atoms with Gasteiger partial charge in [0.25, 0.3) is 0 Å². The molecule has 5 nitrogen and oxygen atoms in total. The number of fused-ring (bicyclic) bond motifs is 1. The maximum atomic E-state index is 10.4. The normalized spacial score (nSPS) is 21.7. The molecule has 0 bridgehead atoms. The van der Waals surface area contributed by atoms with E-state index in [9.17, 15) is 5.11 Å². The molecule has 0 amide bonds. The number of benzene rings is 1. The molecule has 110 valence electrons. The van der Waals surface area contributed by atoms with Gasteiger partial charge >= 0.3 is 0 Å². The lowest BCUT2D eigenvalue weighted by Crippen LogP contribution is -2.40. The summed E-state index contributed by atoms with van der Waals surface area (Å²) in [7, 11) is 0. The third-order valence-electron chi connectivity index (χ3n) is 3.98. The predicted octanol–water partition coefficient (Wildman–Crippen LogP) is 0.914. The van der Waals surface area contributed by atoms with E-state index >= 15 is 0 Å². The zero-order valence-corrected chi connectivity index (χ0v) is 11.6. The lowest BCUT2D eigenvalue weighted by Gasteiger charge is -2.26. The second-order valence-corrected chi connectivity index (χ2v) is 5.52. The molecule has 0 radical (unpaired) electrons. The Morgan fingerprint density at radius 3 is 2.60 bits per heavy atom. The summed E-state index contributed by atoms with van der Waals surface area (Å²) in [5.41, 5.74) is 6.93. The topological polar surface area (TPSA) is 68.0 Å². The second kappa shape index (κ2) is 5.99. The lowest BCUT2D eigenvalue weighted by atomic mass is 10.0. The van der Waals surface area contributed by atoms with E-state index in [-0.39, 0.29) is 6.04 Å². The largest absolute Gasteiger partial charge is 0.486 e. The van der Waals surface area contributed by atoms with E-state index < -0.39 is 6.10 Å². The van der Waals surface area contributed by atoms with Gasteiger partial charge in [0.1, 0.15) is 13.2 Å². The van der Waals surface area contributed by atoms with Crippen LogP contribution < -0.4 is 15.2 Å². The number of aliphatic hydroxyl groups is 1. The van der Waals surface area contributed by atoms with Gasteiger partial charge in [0.05, 0.1) is 6.10 Å². The maximum absolute atomic E-state index is 10.4. The van der Waals surface area contributed by atoms with Gasteiger partial charge in [-0.3, -0.25) is 0 Å². The summed E-state index contributed by atoms with van der Waals surface area (Å²) in [5.74, 6) is 1.43. The van der Waals surface area contributed by atoms with Crippen molar-refractivity contribution >= 4 is 0 Å². The molecule has 3 N–H and O–H groups in total. The van der Waals surface area contributed by atoms with Crippen molar-refractivity contribution in [3.05, 3.63) is 23.8 Å². The average Bonchev–Trinajstić information content (AvgIpc) is 2.99. The van der Waals surface area contributed by atoms with Crippen molar-refractivity contribution in [2.45, 2.75) is 25.0 Å². The van der Waals surface area contributed by atoms with E-state index in [0.29, 0.717) is 19.0 Å². The Morgan fingerprint density at radius 1 is 1.15 bits per heavy atom. The predicted molar refractivity (Wildman–Crippen MR) is 76.0 cm³/mol. The number of nitrogens with zero attached hydrogens (tertiary/aromatic N) is 1. The van der Waals surface area contributed by atoms with Gasteiger partial charge in [0.2, 0.25) is 0 Å². The van der Waals surface area contributed by atoms with Crippen LogP contribution in [0.5, 0.6) is 11.5 Å². The van der Waals surface area contributed by atoms with E-state index in [0.717, 1.165) is 30.9 Å². The molecule has 3 rings (SSSR count). The van der Waals surface area contributed by atoms with Gasteiger partial charge in [0.15, 0.2) is 11.5 Å². The Kier molecular flexibility index (Phi) is 4.10. The maximum Gasteiger partial charge on any atom is 0.161 e. The molecular formula is C15H22N2O3. The minimum Gasteiger partial charge on any atom is -0.486 e. The first-order valence-electron chi connectivity index (χ1n) is 7.29. The summed E-state index contributed by atoms with van der Waals surface area (Å²) < 4.78 is 11.0. The Hall–Kier alpha value is -1.30. The second-order valence-electron chi connectivity index (χ2n) is 5.52. The Balaban J connectivity index is 1.67. The quantitative estimate of drug-likeness (QED) is 0.857. The van der Waals surface area contributed by atoms with E-state index in [1.165, 1.54) is 12.8 Å². The first-order valence-corrected chi connectivity index (χ1v) is 7.29. The van der Waals surface area contributed by atoms with Crippen LogP contribution in [0.3, 0.4) is 0 Å². The summed E-state index contributed by atoms with van der Waals surface area (Å²) in [6.45, 7) is 4.02. The van der Waals surface area contributed by atoms with Crippen LogP contribution >= 0.6 is 0 Å². The highest BCUT2D eigenvalue weighted by Crippen LogP contribution is 2.33. The fourth-order valence-electron chi connectivity index (χ4n) is 2.85. The van der Waals surface area contributed by atoms with Crippen LogP contribution in [0.1, 0.15) is 24.5 Å². The van der Waals surface area contributed by atoms with Gasteiger partial charge in [-0.1, -0.05) is 6.07 Å². The van der Waals surface area contributed by atoms with Gasteiger partial charge in [-0.05, 0) is 43.6 Å².